The Hall–Kier alpha value is -2.34. The van der Waals surface area contributed by atoms with Gasteiger partial charge in [0.15, 0.2) is 0 Å². The van der Waals surface area contributed by atoms with Crippen molar-refractivity contribution in [2.45, 2.75) is 0 Å². The number of esters is 1. The Morgan fingerprint density at radius 1 is 1.32 bits per heavy atom. The highest BCUT2D eigenvalue weighted by molar-refractivity contribution is 7.16. The number of rotatable bonds is 3. The number of nitrogens with two attached hydrogens (primary N) is 1. The number of aromatic hydroxyl groups is 1. The van der Waals surface area contributed by atoms with Gasteiger partial charge in [0.25, 0.3) is 0 Å². The average molecular weight is 277 g/mol. The lowest BCUT2D eigenvalue weighted by Gasteiger charge is -2.02. The van der Waals surface area contributed by atoms with Crippen LogP contribution < -0.4 is 5.73 Å². The van der Waals surface area contributed by atoms with E-state index in [1.54, 1.807) is 12.1 Å². The molecule has 19 heavy (non-hydrogen) atoms. The molecule has 0 aliphatic rings. The van der Waals surface area contributed by atoms with Crippen LogP contribution in [0.4, 0.5) is 5.69 Å². The molecule has 1 aromatic carbocycles. The smallest absolute Gasteiger partial charge is 0.348 e. The predicted molar refractivity (Wildman–Crippen MR) is 71.6 cm³/mol. The zero-order valence-electron chi connectivity index (χ0n) is 10.0. The molecule has 1 aromatic heterocycles. The van der Waals surface area contributed by atoms with Gasteiger partial charge in [0, 0.05) is 0 Å². The number of carbonyl (C=O) groups excluding carboxylic acids is 2. The van der Waals surface area contributed by atoms with Gasteiger partial charge in [-0.25, -0.2) is 4.79 Å². The van der Waals surface area contributed by atoms with E-state index < -0.39 is 11.8 Å². The van der Waals surface area contributed by atoms with Crippen LogP contribution in [-0.4, -0.2) is 24.0 Å². The number of carbonyl (C=O) groups is 2. The lowest BCUT2D eigenvalue weighted by molar-refractivity contribution is 0.0606. The van der Waals surface area contributed by atoms with Gasteiger partial charge in [-0.1, -0.05) is 12.1 Å². The van der Waals surface area contributed by atoms with Crippen molar-refractivity contribution in [1.29, 1.82) is 0 Å². The number of phenols is 1. The average Bonchev–Trinajstić information content (AvgIpc) is 2.80. The van der Waals surface area contributed by atoms with Crippen LogP contribution in [0, 0.1) is 0 Å². The summed E-state index contributed by atoms with van der Waals surface area (Å²) >= 11 is 0.944. The molecular formula is C13H11NO4S. The molecule has 98 valence electrons. The van der Waals surface area contributed by atoms with Gasteiger partial charge in [-0.05, 0) is 18.2 Å². The molecule has 0 aliphatic heterocycles. The second-order valence-electron chi connectivity index (χ2n) is 3.73. The molecule has 0 fully saturated rings. The molecule has 3 N–H and O–H groups in total. The molecule has 0 bridgehead atoms. The van der Waals surface area contributed by atoms with E-state index in [-0.39, 0.29) is 26.8 Å². The van der Waals surface area contributed by atoms with Crippen LogP contribution in [0.2, 0.25) is 0 Å². The Balaban J connectivity index is 2.43. The number of nitrogen functional groups attached to an aromatic ring is 1. The third-order valence-electron chi connectivity index (χ3n) is 2.50. The van der Waals surface area contributed by atoms with Crippen molar-refractivity contribution >= 4 is 28.8 Å². The standard InChI is InChI=1S/C13H11NO4S/c1-18-13(17)10-6-8(14)12(19-10)11(16)7-4-2-3-5-9(7)15/h2-6,15H,14H2,1H3. The molecule has 0 radical (unpaired) electrons. The number of methoxy groups -OCH3 is 1. The molecule has 0 amide bonds. The molecule has 0 atom stereocenters. The maximum absolute atomic E-state index is 12.2. The topological polar surface area (TPSA) is 89.6 Å². The largest absolute Gasteiger partial charge is 0.507 e. The van der Waals surface area contributed by atoms with Crippen molar-refractivity contribution in [2.24, 2.45) is 0 Å². The molecule has 2 rings (SSSR count). The quantitative estimate of drug-likeness (QED) is 0.662. The van der Waals surface area contributed by atoms with Gasteiger partial charge in [-0.3, -0.25) is 4.79 Å². The van der Waals surface area contributed by atoms with Crippen molar-refractivity contribution in [3.8, 4) is 5.75 Å². The molecule has 0 aliphatic carbocycles. The Bertz CT molecular complexity index is 648. The van der Waals surface area contributed by atoms with E-state index >= 15 is 0 Å². The summed E-state index contributed by atoms with van der Waals surface area (Å²) in [5.41, 5.74) is 6.06. The van der Waals surface area contributed by atoms with Crippen LogP contribution in [-0.2, 0) is 4.74 Å². The second kappa shape index (κ2) is 5.11. The lowest BCUT2D eigenvalue weighted by atomic mass is 10.1. The van der Waals surface area contributed by atoms with E-state index in [4.69, 9.17) is 5.73 Å². The third kappa shape index (κ3) is 2.43. The highest BCUT2D eigenvalue weighted by Crippen LogP contribution is 2.30. The molecule has 0 unspecified atom stereocenters. The van der Waals surface area contributed by atoms with Gasteiger partial charge < -0.3 is 15.6 Å². The number of benzene rings is 1. The molecule has 6 heteroatoms. The molecule has 0 saturated carbocycles. The number of para-hydroxylation sites is 1. The van der Waals surface area contributed by atoms with Gasteiger partial charge >= 0.3 is 5.97 Å². The van der Waals surface area contributed by atoms with Crippen LogP contribution in [0.1, 0.15) is 24.9 Å². The minimum Gasteiger partial charge on any atom is -0.507 e. The fraction of sp³-hybridized carbons (Fsp3) is 0.0769. The van der Waals surface area contributed by atoms with Crippen molar-refractivity contribution in [3.63, 3.8) is 0 Å². The second-order valence-corrected chi connectivity index (χ2v) is 4.79. The summed E-state index contributed by atoms with van der Waals surface area (Å²) in [7, 11) is 1.25. The summed E-state index contributed by atoms with van der Waals surface area (Å²) in [6.07, 6.45) is 0. The molecule has 0 saturated heterocycles. The Kier molecular flexibility index (Phi) is 3.52. The molecular weight excluding hydrogens is 266 g/mol. The zero-order valence-corrected chi connectivity index (χ0v) is 10.9. The highest BCUT2D eigenvalue weighted by atomic mass is 32.1. The van der Waals surface area contributed by atoms with E-state index in [0.29, 0.717) is 0 Å². The third-order valence-corrected chi connectivity index (χ3v) is 3.63. The van der Waals surface area contributed by atoms with Crippen molar-refractivity contribution in [1.82, 2.24) is 0 Å². The molecule has 5 nitrogen and oxygen atoms in total. The predicted octanol–water partition coefficient (Wildman–Crippen LogP) is 2.05. The number of phenolic OH excluding ortho intramolecular Hbond substituents is 1. The Morgan fingerprint density at radius 3 is 2.63 bits per heavy atom. The highest BCUT2D eigenvalue weighted by Gasteiger charge is 2.21. The summed E-state index contributed by atoms with van der Waals surface area (Å²) in [4.78, 5) is 24.1. The Morgan fingerprint density at radius 2 is 2.00 bits per heavy atom. The van der Waals surface area contributed by atoms with Gasteiger partial charge in [0.05, 0.1) is 23.2 Å². The van der Waals surface area contributed by atoms with E-state index in [2.05, 4.69) is 4.74 Å². The number of hydrogen-bond donors (Lipinski definition) is 2. The molecule has 2 aromatic rings. The van der Waals surface area contributed by atoms with Gasteiger partial charge in [0.2, 0.25) is 5.78 Å². The maximum Gasteiger partial charge on any atom is 0.348 e. The van der Waals surface area contributed by atoms with E-state index in [9.17, 15) is 14.7 Å². The fourth-order valence-corrected chi connectivity index (χ4v) is 2.52. The summed E-state index contributed by atoms with van der Waals surface area (Å²) in [6.45, 7) is 0. The first-order valence-electron chi connectivity index (χ1n) is 5.35. The monoisotopic (exact) mass is 277 g/mol. The van der Waals surface area contributed by atoms with E-state index in [1.165, 1.54) is 25.3 Å². The van der Waals surface area contributed by atoms with Crippen molar-refractivity contribution in [3.05, 3.63) is 45.6 Å². The van der Waals surface area contributed by atoms with Crippen LogP contribution >= 0.6 is 11.3 Å². The number of ether oxygens (including phenoxy) is 1. The van der Waals surface area contributed by atoms with Crippen LogP contribution in [0.25, 0.3) is 0 Å². The molecule has 1 heterocycles. The lowest BCUT2D eigenvalue weighted by Crippen LogP contribution is -2.01. The maximum atomic E-state index is 12.2. The van der Waals surface area contributed by atoms with Gasteiger partial charge in [0.1, 0.15) is 10.6 Å². The fourth-order valence-electron chi connectivity index (χ4n) is 1.57. The normalized spacial score (nSPS) is 10.2. The minimum absolute atomic E-state index is 0.125. The minimum atomic E-state index is -0.548. The SMILES string of the molecule is COC(=O)c1cc(N)c(C(=O)c2ccccc2O)s1. The number of thiophene rings is 1. The van der Waals surface area contributed by atoms with E-state index in [1.807, 2.05) is 0 Å². The summed E-state index contributed by atoms with van der Waals surface area (Å²) < 4.78 is 4.57. The van der Waals surface area contributed by atoms with Crippen LogP contribution in [0.3, 0.4) is 0 Å². The first-order chi connectivity index (χ1) is 9.04. The number of hydrogen-bond acceptors (Lipinski definition) is 6. The zero-order chi connectivity index (χ0) is 14.0. The van der Waals surface area contributed by atoms with Gasteiger partial charge in [-0.15, -0.1) is 11.3 Å². The van der Waals surface area contributed by atoms with Gasteiger partial charge in [-0.2, -0.15) is 0 Å². The first kappa shape index (κ1) is 13.1. The summed E-state index contributed by atoms with van der Waals surface area (Å²) in [5, 5.41) is 9.65. The van der Waals surface area contributed by atoms with E-state index in [0.717, 1.165) is 11.3 Å². The first-order valence-corrected chi connectivity index (χ1v) is 6.16. The van der Waals surface area contributed by atoms with Crippen molar-refractivity contribution < 1.29 is 19.4 Å². The van der Waals surface area contributed by atoms with Crippen molar-refractivity contribution in [2.75, 3.05) is 12.8 Å². The summed E-state index contributed by atoms with van der Waals surface area (Å²) in [5.74, 6) is -1.09. The Labute approximate surface area is 113 Å². The number of anilines is 1. The summed E-state index contributed by atoms with van der Waals surface area (Å²) in [6, 6.07) is 7.55. The number of ketones is 1. The van der Waals surface area contributed by atoms with Crippen LogP contribution in [0.5, 0.6) is 5.75 Å². The van der Waals surface area contributed by atoms with Crippen LogP contribution in [0.15, 0.2) is 30.3 Å². The molecule has 0 spiro atoms.